The first-order valence-electron chi connectivity index (χ1n) is 7.51. The summed E-state index contributed by atoms with van der Waals surface area (Å²) in [6.07, 6.45) is 0. The minimum absolute atomic E-state index is 0.0607. The second-order valence-electron chi connectivity index (χ2n) is 5.92. The van der Waals surface area contributed by atoms with Crippen molar-refractivity contribution in [2.24, 2.45) is 0 Å². The molecule has 5 heteroatoms. The molecule has 0 aliphatic carbocycles. The number of anilines is 1. The van der Waals surface area contributed by atoms with Gasteiger partial charge >= 0.3 is 0 Å². The van der Waals surface area contributed by atoms with Crippen molar-refractivity contribution in [1.29, 1.82) is 0 Å². The molecule has 3 rings (SSSR count). The van der Waals surface area contributed by atoms with E-state index in [1.54, 1.807) is 11.8 Å². The monoisotopic (exact) mass is 300 g/mol. The van der Waals surface area contributed by atoms with Crippen LogP contribution in [-0.2, 0) is 0 Å². The highest BCUT2D eigenvalue weighted by molar-refractivity contribution is 6.06. The van der Waals surface area contributed by atoms with E-state index in [2.05, 4.69) is 4.98 Å². The topological polar surface area (TPSA) is 55.6 Å². The zero-order valence-corrected chi connectivity index (χ0v) is 13.3. The number of oxazole rings is 1. The van der Waals surface area contributed by atoms with E-state index in [9.17, 15) is 4.79 Å². The van der Waals surface area contributed by atoms with Gasteiger partial charge in [0.1, 0.15) is 12.4 Å². The van der Waals surface area contributed by atoms with Gasteiger partial charge in [-0.1, -0.05) is 26.0 Å². The van der Waals surface area contributed by atoms with E-state index in [0.717, 1.165) is 11.4 Å². The first kappa shape index (κ1) is 14.6. The molecule has 1 aliphatic rings. The lowest BCUT2D eigenvalue weighted by molar-refractivity contribution is 0.0931. The Balaban J connectivity index is 2.02. The molecule has 116 valence electrons. The minimum atomic E-state index is -0.167. The lowest BCUT2D eigenvalue weighted by Crippen LogP contribution is -2.45. The largest absolute Gasteiger partial charge is 0.489 e. The maximum Gasteiger partial charge on any atom is 0.296 e. The lowest BCUT2D eigenvalue weighted by Gasteiger charge is -2.34. The lowest BCUT2D eigenvalue weighted by atomic mass is 10.1. The Hall–Kier alpha value is -2.30. The van der Waals surface area contributed by atoms with E-state index in [0.29, 0.717) is 24.0 Å². The SMILES string of the molecule is Cc1nc(C(C)C)oc1C(=O)N1c2ccccc2OCC1C. The summed E-state index contributed by atoms with van der Waals surface area (Å²) in [6, 6.07) is 7.49. The first-order valence-corrected chi connectivity index (χ1v) is 7.51. The second kappa shape index (κ2) is 5.48. The molecule has 1 atom stereocenters. The predicted molar refractivity (Wildman–Crippen MR) is 83.5 cm³/mol. The molecule has 1 amide bonds. The molecule has 1 aromatic carbocycles. The Labute approximate surface area is 129 Å². The number of hydrogen-bond acceptors (Lipinski definition) is 4. The molecule has 0 saturated heterocycles. The molecule has 22 heavy (non-hydrogen) atoms. The van der Waals surface area contributed by atoms with Crippen LogP contribution >= 0.6 is 0 Å². The third kappa shape index (κ3) is 2.36. The molecule has 1 unspecified atom stereocenters. The summed E-state index contributed by atoms with van der Waals surface area (Å²) in [7, 11) is 0. The van der Waals surface area contributed by atoms with Crippen LogP contribution in [0.5, 0.6) is 5.75 Å². The van der Waals surface area contributed by atoms with Gasteiger partial charge in [0, 0.05) is 5.92 Å². The van der Waals surface area contributed by atoms with Crippen molar-refractivity contribution in [1.82, 2.24) is 4.98 Å². The molecule has 0 fully saturated rings. The van der Waals surface area contributed by atoms with Gasteiger partial charge in [-0.15, -0.1) is 0 Å². The van der Waals surface area contributed by atoms with Gasteiger partial charge in [-0.05, 0) is 26.0 Å². The summed E-state index contributed by atoms with van der Waals surface area (Å²) < 4.78 is 11.4. The summed E-state index contributed by atoms with van der Waals surface area (Å²) in [5, 5.41) is 0. The fourth-order valence-corrected chi connectivity index (χ4v) is 2.58. The average molecular weight is 300 g/mol. The molecule has 1 aliphatic heterocycles. The third-order valence-corrected chi connectivity index (χ3v) is 3.77. The highest BCUT2D eigenvalue weighted by Crippen LogP contribution is 2.35. The highest BCUT2D eigenvalue weighted by Gasteiger charge is 2.33. The van der Waals surface area contributed by atoms with Crippen molar-refractivity contribution in [2.75, 3.05) is 11.5 Å². The Morgan fingerprint density at radius 2 is 2.09 bits per heavy atom. The number of ether oxygens (including phenoxy) is 1. The zero-order chi connectivity index (χ0) is 15.9. The maximum atomic E-state index is 13.0. The minimum Gasteiger partial charge on any atom is -0.489 e. The van der Waals surface area contributed by atoms with Crippen LogP contribution in [0.25, 0.3) is 0 Å². The number of nitrogens with zero attached hydrogens (tertiary/aromatic N) is 2. The van der Waals surface area contributed by atoms with Crippen molar-refractivity contribution in [3.8, 4) is 5.75 Å². The number of amides is 1. The van der Waals surface area contributed by atoms with E-state index in [1.807, 2.05) is 45.0 Å². The molecule has 0 spiro atoms. The van der Waals surface area contributed by atoms with E-state index < -0.39 is 0 Å². The standard InChI is InChI=1S/C17H20N2O3/c1-10(2)16-18-12(4)15(22-16)17(20)19-11(3)9-21-14-8-6-5-7-13(14)19/h5-8,10-11H,9H2,1-4H3. The number of para-hydroxylation sites is 2. The number of carbonyl (C=O) groups is 1. The van der Waals surface area contributed by atoms with Crippen LogP contribution in [0.15, 0.2) is 28.7 Å². The molecule has 0 bridgehead atoms. The van der Waals surface area contributed by atoms with Crippen LogP contribution in [-0.4, -0.2) is 23.5 Å². The molecule has 5 nitrogen and oxygen atoms in total. The van der Waals surface area contributed by atoms with Gasteiger partial charge in [-0.3, -0.25) is 9.69 Å². The molecule has 1 aromatic heterocycles. The van der Waals surface area contributed by atoms with Crippen molar-refractivity contribution >= 4 is 11.6 Å². The van der Waals surface area contributed by atoms with Crippen LogP contribution in [0.4, 0.5) is 5.69 Å². The van der Waals surface area contributed by atoms with Crippen molar-refractivity contribution in [3.05, 3.63) is 41.6 Å². The van der Waals surface area contributed by atoms with Gasteiger partial charge in [0.05, 0.1) is 17.4 Å². The van der Waals surface area contributed by atoms with Crippen LogP contribution < -0.4 is 9.64 Å². The third-order valence-electron chi connectivity index (χ3n) is 3.77. The van der Waals surface area contributed by atoms with Crippen LogP contribution in [0.3, 0.4) is 0 Å². The molecule has 2 heterocycles. The fraction of sp³-hybridized carbons (Fsp3) is 0.412. The van der Waals surface area contributed by atoms with E-state index in [4.69, 9.17) is 9.15 Å². The molecular weight excluding hydrogens is 280 g/mol. The predicted octanol–water partition coefficient (Wildman–Crippen LogP) is 3.53. The van der Waals surface area contributed by atoms with E-state index in [1.165, 1.54) is 0 Å². The number of rotatable bonds is 2. The van der Waals surface area contributed by atoms with Gasteiger partial charge in [-0.2, -0.15) is 0 Å². The Kier molecular flexibility index (Phi) is 3.64. The van der Waals surface area contributed by atoms with Gasteiger partial charge < -0.3 is 9.15 Å². The fourth-order valence-electron chi connectivity index (χ4n) is 2.58. The van der Waals surface area contributed by atoms with Crippen molar-refractivity contribution < 1.29 is 13.9 Å². The smallest absolute Gasteiger partial charge is 0.296 e. The van der Waals surface area contributed by atoms with Gasteiger partial charge in [0.25, 0.3) is 5.91 Å². The molecule has 0 radical (unpaired) electrons. The molecule has 2 aromatic rings. The first-order chi connectivity index (χ1) is 10.5. The van der Waals surface area contributed by atoms with Gasteiger partial charge in [0.15, 0.2) is 5.89 Å². The normalized spacial score (nSPS) is 17.3. The summed E-state index contributed by atoms with van der Waals surface area (Å²) >= 11 is 0. The molecule has 0 saturated carbocycles. The number of benzene rings is 1. The van der Waals surface area contributed by atoms with Crippen LogP contribution in [0.1, 0.15) is 48.8 Å². The number of hydrogen-bond donors (Lipinski definition) is 0. The summed E-state index contributed by atoms with van der Waals surface area (Å²) in [4.78, 5) is 19.1. The van der Waals surface area contributed by atoms with Gasteiger partial charge in [0.2, 0.25) is 5.76 Å². The highest BCUT2D eigenvalue weighted by atomic mass is 16.5. The Morgan fingerprint density at radius 1 is 1.36 bits per heavy atom. The molecule has 0 N–H and O–H groups in total. The number of aryl methyl sites for hydroxylation is 1. The van der Waals surface area contributed by atoms with Crippen molar-refractivity contribution in [2.45, 2.75) is 39.7 Å². The van der Waals surface area contributed by atoms with Crippen LogP contribution in [0, 0.1) is 6.92 Å². The molecular formula is C17H20N2O3. The number of fused-ring (bicyclic) bond motifs is 1. The van der Waals surface area contributed by atoms with Crippen LogP contribution in [0.2, 0.25) is 0 Å². The van der Waals surface area contributed by atoms with Gasteiger partial charge in [-0.25, -0.2) is 4.98 Å². The van der Waals surface area contributed by atoms with Crippen molar-refractivity contribution in [3.63, 3.8) is 0 Å². The average Bonchev–Trinajstić information content (AvgIpc) is 2.89. The van der Waals surface area contributed by atoms with E-state index >= 15 is 0 Å². The number of aromatic nitrogens is 1. The Morgan fingerprint density at radius 3 is 2.77 bits per heavy atom. The van der Waals surface area contributed by atoms with E-state index in [-0.39, 0.29) is 17.9 Å². The summed E-state index contributed by atoms with van der Waals surface area (Å²) in [6.45, 7) is 8.22. The second-order valence-corrected chi connectivity index (χ2v) is 5.92. The summed E-state index contributed by atoms with van der Waals surface area (Å²) in [5.74, 6) is 1.60. The zero-order valence-electron chi connectivity index (χ0n) is 13.3. The number of carbonyl (C=O) groups excluding carboxylic acids is 1. The maximum absolute atomic E-state index is 13.0. The quantitative estimate of drug-likeness (QED) is 0.851. The Bertz CT molecular complexity index is 706. The summed E-state index contributed by atoms with van der Waals surface area (Å²) in [5.41, 5.74) is 1.40.